The highest BCUT2D eigenvalue weighted by molar-refractivity contribution is 4.72. The molecule has 3 nitrogen and oxygen atoms in total. The van der Waals surface area contributed by atoms with Gasteiger partial charge in [-0.1, -0.05) is 6.92 Å². The molecule has 50 valence electrons. The molecule has 0 spiro atoms. The number of aromatic nitrogens is 2. The van der Waals surface area contributed by atoms with Crippen LogP contribution in [0.5, 0.6) is 0 Å². The maximum absolute atomic E-state index is 3.90. The summed E-state index contributed by atoms with van der Waals surface area (Å²) in [7, 11) is 0. The third-order valence-corrected chi connectivity index (χ3v) is 1.10. The van der Waals surface area contributed by atoms with Gasteiger partial charge in [0.05, 0.1) is 13.0 Å². The van der Waals surface area contributed by atoms with Gasteiger partial charge in [0.25, 0.3) is 0 Å². The van der Waals surface area contributed by atoms with Crippen molar-refractivity contribution >= 4 is 0 Å². The largest absolute Gasteiger partial charge is 0.324 e. The summed E-state index contributed by atoms with van der Waals surface area (Å²) in [5.74, 6) is 0. The van der Waals surface area contributed by atoms with E-state index in [0.717, 1.165) is 13.2 Å². The van der Waals surface area contributed by atoms with Crippen LogP contribution in [0.15, 0.2) is 18.7 Å². The van der Waals surface area contributed by atoms with Gasteiger partial charge in [-0.15, -0.1) is 0 Å². The minimum atomic E-state index is 0.858. The quantitative estimate of drug-likeness (QED) is 0.635. The summed E-state index contributed by atoms with van der Waals surface area (Å²) in [5.41, 5.74) is 0. The molecule has 0 unspecified atom stereocenters. The van der Waals surface area contributed by atoms with E-state index in [-0.39, 0.29) is 0 Å². The van der Waals surface area contributed by atoms with E-state index in [1.54, 1.807) is 12.5 Å². The van der Waals surface area contributed by atoms with Crippen LogP contribution in [0, 0.1) is 0 Å². The molecule has 0 saturated heterocycles. The Kier molecular flexibility index (Phi) is 2.27. The minimum absolute atomic E-state index is 0.858. The van der Waals surface area contributed by atoms with Crippen molar-refractivity contribution < 1.29 is 0 Å². The van der Waals surface area contributed by atoms with Crippen molar-refractivity contribution in [2.24, 2.45) is 0 Å². The first-order valence-corrected chi connectivity index (χ1v) is 3.10. The Morgan fingerprint density at radius 1 is 1.67 bits per heavy atom. The van der Waals surface area contributed by atoms with Crippen molar-refractivity contribution in [1.29, 1.82) is 0 Å². The predicted molar refractivity (Wildman–Crippen MR) is 35.9 cm³/mol. The summed E-state index contributed by atoms with van der Waals surface area (Å²) < 4.78 is 1.99. The van der Waals surface area contributed by atoms with Crippen LogP contribution in [0.3, 0.4) is 0 Å². The zero-order chi connectivity index (χ0) is 6.53. The van der Waals surface area contributed by atoms with Gasteiger partial charge in [0.2, 0.25) is 0 Å². The van der Waals surface area contributed by atoms with Gasteiger partial charge >= 0.3 is 0 Å². The molecular formula is C6H11N3. The smallest absolute Gasteiger partial charge is 0.0956 e. The molecule has 0 radical (unpaired) electrons. The summed E-state index contributed by atoms with van der Waals surface area (Å²) in [6.07, 6.45) is 5.50. The molecular weight excluding hydrogens is 114 g/mol. The Labute approximate surface area is 54.7 Å². The molecule has 0 aliphatic heterocycles. The molecule has 3 heteroatoms. The third kappa shape index (κ3) is 1.85. The number of rotatable bonds is 3. The van der Waals surface area contributed by atoms with Crippen molar-refractivity contribution in [3.63, 3.8) is 0 Å². The molecule has 0 aliphatic carbocycles. The predicted octanol–water partition coefficient (Wildman–Crippen LogP) is 0.450. The first-order chi connectivity index (χ1) is 4.43. The van der Waals surface area contributed by atoms with Crippen LogP contribution in [0.25, 0.3) is 0 Å². The second-order valence-corrected chi connectivity index (χ2v) is 1.84. The van der Waals surface area contributed by atoms with Crippen LogP contribution in [0.4, 0.5) is 0 Å². The van der Waals surface area contributed by atoms with E-state index >= 15 is 0 Å². The SMILES string of the molecule is CCNCn1ccnc1. The molecule has 1 N–H and O–H groups in total. The molecule has 1 rings (SSSR count). The summed E-state index contributed by atoms with van der Waals surface area (Å²) in [5, 5.41) is 3.17. The number of nitrogens with one attached hydrogen (secondary N) is 1. The lowest BCUT2D eigenvalue weighted by Crippen LogP contribution is -2.16. The fourth-order valence-electron chi connectivity index (χ4n) is 0.621. The molecule has 1 heterocycles. The molecule has 0 atom stereocenters. The number of nitrogens with zero attached hydrogens (tertiary/aromatic N) is 2. The highest BCUT2D eigenvalue weighted by atomic mass is 15.1. The first-order valence-electron chi connectivity index (χ1n) is 3.10. The average molecular weight is 125 g/mol. The topological polar surface area (TPSA) is 29.9 Å². The highest BCUT2D eigenvalue weighted by Crippen LogP contribution is 1.80. The zero-order valence-electron chi connectivity index (χ0n) is 5.54. The van der Waals surface area contributed by atoms with E-state index in [2.05, 4.69) is 17.2 Å². The van der Waals surface area contributed by atoms with Gasteiger partial charge in [-0.2, -0.15) is 0 Å². The first kappa shape index (κ1) is 6.29. The Hall–Kier alpha value is -0.830. The van der Waals surface area contributed by atoms with E-state index in [9.17, 15) is 0 Å². The second kappa shape index (κ2) is 3.25. The summed E-state index contributed by atoms with van der Waals surface area (Å²) in [4.78, 5) is 3.90. The van der Waals surface area contributed by atoms with Gasteiger partial charge in [0, 0.05) is 12.4 Å². The number of hydrogen-bond acceptors (Lipinski definition) is 2. The standard InChI is InChI=1S/C6H11N3/c1-2-7-5-9-4-3-8-6-9/h3-4,6-7H,2,5H2,1H3. The molecule has 0 fully saturated rings. The Balaban J connectivity index is 2.30. The fourth-order valence-corrected chi connectivity index (χ4v) is 0.621. The lowest BCUT2D eigenvalue weighted by molar-refractivity contribution is 0.576. The molecule has 1 aromatic rings. The molecule has 0 aliphatic rings. The van der Waals surface area contributed by atoms with Gasteiger partial charge in [-0.25, -0.2) is 4.98 Å². The van der Waals surface area contributed by atoms with Gasteiger partial charge in [0.15, 0.2) is 0 Å². The Morgan fingerprint density at radius 3 is 3.11 bits per heavy atom. The van der Waals surface area contributed by atoms with Crippen LogP contribution < -0.4 is 5.32 Å². The molecule has 0 amide bonds. The highest BCUT2D eigenvalue weighted by Gasteiger charge is 1.83. The lowest BCUT2D eigenvalue weighted by atomic mass is 10.7. The number of hydrogen-bond donors (Lipinski definition) is 1. The van der Waals surface area contributed by atoms with Gasteiger partial charge < -0.3 is 4.57 Å². The van der Waals surface area contributed by atoms with Crippen LogP contribution in [-0.2, 0) is 6.67 Å². The zero-order valence-corrected chi connectivity index (χ0v) is 5.54. The van der Waals surface area contributed by atoms with E-state index in [0.29, 0.717) is 0 Å². The Bertz CT molecular complexity index is 145. The van der Waals surface area contributed by atoms with Gasteiger partial charge in [-0.3, -0.25) is 5.32 Å². The monoisotopic (exact) mass is 125 g/mol. The van der Waals surface area contributed by atoms with Crippen LogP contribution >= 0.6 is 0 Å². The van der Waals surface area contributed by atoms with Crippen molar-refractivity contribution in [1.82, 2.24) is 14.9 Å². The van der Waals surface area contributed by atoms with E-state index in [4.69, 9.17) is 0 Å². The van der Waals surface area contributed by atoms with E-state index in [1.807, 2.05) is 10.8 Å². The molecule has 9 heavy (non-hydrogen) atoms. The normalized spacial score (nSPS) is 9.89. The molecule has 1 aromatic heterocycles. The average Bonchev–Trinajstić information content (AvgIpc) is 2.34. The maximum Gasteiger partial charge on any atom is 0.0956 e. The number of imidazole rings is 1. The van der Waals surface area contributed by atoms with Gasteiger partial charge in [-0.05, 0) is 6.54 Å². The molecule has 0 saturated carbocycles. The van der Waals surface area contributed by atoms with E-state index < -0.39 is 0 Å². The van der Waals surface area contributed by atoms with Crippen molar-refractivity contribution in [2.75, 3.05) is 6.54 Å². The second-order valence-electron chi connectivity index (χ2n) is 1.84. The van der Waals surface area contributed by atoms with Crippen molar-refractivity contribution in [3.05, 3.63) is 18.7 Å². The lowest BCUT2D eigenvalue weighted by Gasteiger charge is -1.99. The Morgan fingerprint density at radius 2 is 2.56 bits per heavy atom. The van der Waals surface area contributed by atoms with Crippen molar-refractivity contribution in [3.8, 4) is 0 Å². The van der Waals surface area contributed by atoms with Crippen LogP contribution in [0.1, 0.15) is 6.92 Å². The summed E-state index contributed by atoms with van der Waals surface area (Å²) in [6.45, 7) is 3.94. The minimum Gasteiger partial charge on any atom is -0.324 e. The van der Waals surface area contributed by atoms with E-state index in [1.165, 1.54) is 0 Å². The molecule has 0 aromatic carbocycles. The summed E-state index contributed by atoms with van der Waals surface area (Å²) >= 11 is 0. The third-order valence-electron chi connectivity index (χ3n) is 1.10. The fraction of sp³-hybridized carbons (Fsp3) is 0.500. The van der Waals surface area contributed by atoms with Gasteiger partial charge in [0.1, 0.15) is 0 Å². The summed E-state index contributed by atoms with van der Waals surface area (Å²) in [6, 6.07) is 0. The van der Waals surface area contributed by atoms with Crippen LogP contribution in [-0.4, -0.2) is 16.1 Å². The maximum atomic E-state index is 3.90. The van der Waals surface area contributed by atoms with Crippen LogP contribution in [0.2, 0.25) is 0 Å². The van der Waals surface area contributed by atoms with Crippen molar-refractivity contribution in [2.45, 2.75) is 13.6 Å². The molecule has 0 bridgehead atoms.